The van der Waals surface area contributed by atoms with Crippen LogP contribution in [0.5, 0.6) is 0 Å². The summed E-state index contributed by atoms with van der Waals surface area (Å²) in [5.74, 6) is -0.252. The molecule has 38 heavy (non-hydrogen) atoms. The van der Waals surface area contributed by atoms with Crippen molar-refractivity contribution in [2.45, 2.75) is 44.8 Å². The van der Waals surface area contributed by atoms with Crippen molar-refractivity contribution in [3.05, 3.63) is 81.5 Å². The fraction of sp³-hybridized carbons (Fsp3) is 0.286. The van der Waals surface area contributed by atoms with Gasteiger partial charge in [0.1, 0.15) is 5.82 Å². The van der Waals surface area contributed by atoms with Gasteiger partial charge in [0.2, 0.25) is 5.91 Å². The van der Waals surface area contributed by atoms with Gasteiger partial charge in [-0.25, -0.2) is 9.78 Å². The second-order valence-electron chi connectivity index (χ2n) is 8.83. The van der Waals surface area contributed by atoms with Crippen molar-refractivity contribution in [1.82, 2.24) is 19.5 Å². The van der Waals surface area contributed by atoms with Crippen molar-refractivity contribution >= 4 is 29.2 Å². The van der Waals surface area contributed by atoms with Crippen LogP contribution in [0.2, 0.25) is 0 Å². The Morgan fingerprint density at radius 2 is 1.63 bits per heavy atom. The maximum atomic E-state index is 13.5. The van der Waals surface area contributed by atoms with Gasteiger partial charge in [-0.3, -0.25) is 19.1 Å². The molecule has 2 aromatic heterocycles. The van der Waals surface area contributed by atoms with Crippen LogP contribution in [0.1, 0.15) is 33.1 Å². The van der Waals surface area contributed by atoms with Gasteiger partial charge < -0.3 is 15.6 Å². The molecule has 9 nitrogen and oxygen atoms in total. The third-order valence-corrected chi connectivity index (χ3v) is 6.95. The number of unbranched alkanes of at least 4 members (excludes halogenated alkanes) is 1. The van der Waals surface area contributed by atoms with Crippen LogP contribution in [0.15, 0.2) is 75.4 Å². The first-order valence-electron chi connectivity index (χ1n) is 12.7. The number of carbonyl (C=O) groups excluding carboxylic acids is 1. The Kier molecular flexibility index (Phi) is 8.85. The van der Waals surface area contributed by atoms with E-state index in [-0.39, 0.29) is 23.2 Å². The minimum atomic E-state index is -0.662. The topological polar surface area (TPSA) is 130 Å². The Morgan fingerprint density at radius 3 is 2.26 bits per heavy atom. The summed E-state index contributed by atoms with van der Waals surface area (Å²) in [7, 11) is 0. The monoisotopic (exact) mass is 532 g/mol. The second-order valence-corrected chi connectivity index (χ2v) is 9.79. The maximum absolute atomic E-state index is 13.5. The molecule has 4 rings (SSSR count). The number of rotatable bonds is 11. The molecule has 0 unspecified atom stereocenters. The summed E-state index contributed by atoms with van der Waals surface area (Å²) in [5, 5.41) is 0.587. The minimum absolute atomic E-state index is 0.00535. The molecule has 0 saturated carbocycles. The van der Waals surface area contributed by atoms with E-state index in [1.54, 1.807) is 0 Å². The summed E-state index contributed by atoms with van der Waals surface area (Å²) in [6, 6.07) is 19.8. The summed E-state index contributed by atoms with van der Waals surface area (Å²) in [4.78, 5) is 50.5. The molecule has 4 N–H and O–H groups in total. The van der Waals surface area contributed by atoms with E-state index in [0.717, 1.165) is 28.9 Å². The predicted molar refractivity (Wildman–Crippen MR) is 153 cm³/mol. The van der Waals surface area contributed by atoms with Crippen molar-refractivity contribution in [2.24, 2.45) is 0 Å². The molecule has 4 aromatic rings. The molecular weight excluding hydrogens is 500 g/mol. The number of carbonyl (C=O) groups is 1. The Hall–Kier alpha value is -4.05. The van der Waals surface area contributed by atoms with Gasteiger partial charge in [-0.1, -0.05) is 92.7 Å². The van der Waals surface area contributed by atoms with Crippen molar-refractivity contribution in [3.63, 3.8) is 0 Å². The summed E-state index contributed by atoms with van der Waals surface area (Å²) in [5.41, 5.74) is 8.65. The van der Waals surface area contributed by atoms with Crippen LogP contribution < -0.4 is 21.9 Å². The van der Waals surface area contributed by atoms with Gasteiger partial charge in [0.15, 0.2) is 10.8 Å². The third kappa shape index (κ3) is 5.91. The first kappa shape index (κ1) is 27.0. The smallest absolute Gasteiger partial charge is 0.330 e. The number of aromatic amines is 2. The lowest BCUT2D eigenvalue weighted by Gasteiger charge is -2.24. The molecule has 0 bridgehead atoms. The molecular formula is C28H32N6O3S. The standard InChI is InChI=1S/C28H32N6O3S/c1-3-5-17-33(24-25(29)34(16-4-2)28(37)32-26(24)36)21(35)18-38-27-30-22(19-12-8-6-9-13-19)23(31-27)20-14-10-7-11-15-20/h6-15H,3-5,16-18,29H2,1-2H3,(H,30,31)(H,32,36,37). The van der Waals surface area contributed by atoms with Gasteiger partial charge in [-0.15, -0.1) is 0 Å². The summed E-state index contributed by atoms with van der Waals surface area (Å²) in [6.07, 6.45) is 2.15. The van der Waals surface area contributed by atoms with E-state index < -0.39 is 11.2 Å². The molecule has 0 radical (unpaired) electrons. The predicted octanol–water partition coefficient (Wildman–Crippen LogP) is 4.51. The molecule has 0 aliphatic heterocycles. The SMILES string of the molecule is CCCCN(C(=O)CSc1nc(-c2ccccc2)c(-c2ccccc2)[nH]1)c1c(N)n(CCC)c(=O)[nH]c1=O. The lowest BCUT2D eigenvalue weighted by molar-refractivity contribution is -0.116. The molecule has 0 fully saturated rings. The van der Waals surface area contributed by atoms with E-state index in [0.29, 0.717) is 31.1 Å². The van der Waals surface area contributed by atoms with Crippen LogP contribution in [-0.2, 0) is 11.3 Å². The number of H-pyrrole nitrogens is 2. The zero-order valence-electron chi connectivity index (χ0n) is 21.6. The molecule has 10 heteroatoms. The molecule has 0 aliphatic carbocycles. The lowest BCUT2D eigenvalue weighted by atomic mass is 10.1. The van der Waals surface area contributed by atoms with Gasteiger partial charge >= 0.3 is 5.69 Å². The van der Waals surface area contributed by atoms with Crippen molar-refractivity contribution in [3.8, 4) is 22.5 Å². The van der Waals surface area contributed by atoms with Crippen LogP contribution in [0, 0.1) is 0 Å². The number of benzene rings is 2. The number of imidazole rings is 1. The van der Waals surface area contributed by atoms with Crippen LogP contribution in [0.4, 0.5) is 11.5 Å². The Bertz CT molecular complexity index is 1440. The normalized spacial score (nSPS) is 11.0. The number of amides is 1. The molecule has 0 atom stereocenters. The number of nitrogens with two attached hydrogens (primary N) is 1. The highest BCUT2D eigenvalue weighted by atomic mass is 32.2. The average molecular weight is 533 g/mol. The Morgan fingerprint density at radius 1 is 0.974 bits per heavy atom. The first-order chi connectivity index (χ1) is 18.4. The Balaban J connectivity index is 1.64. The van der Waals surface area contributed by atoms with E-state index in [1.807, 2.05) is 74.5 Å². The Labute approximate surface area is 225 Å². The number of nitrogens with zero attached hydrogens (tertiary/aromatic N) is 3. The lowest BCUT2D eigenvalue weighted by Crippen LogP contribution is -2.42. The van der Waals surface area contributed by atoms with Gasteiger partial charge in [-0.2, -0.15) is 0 Å². The highest BCUT2D eigenvalue weighted by Gasteiger charge is 2.24. The number of nitrogen functional groups attached to an aromatic ring is 1. The van der Waals surface area contributed by atoms with Crippen molar-refractivity contribution in [1.29, 1.82) is 0 Å². The molecule has 0 spiro atoms. The fourth-order valence-electron chi connectivity index (χ4n) is 4.21. The van der Waals surface area contributed by atoms with Gasteiger partial charge in [0.05, 0.1) is 17.1 Å². The zero-order chi connectivity index (χ0) is 27.1. The largest absolute Gasteiger partial charge is 0.383 e. The molecule has 2 aromatic carbocycles. The van der Waals surface area contributed by atoms with Crippen LogP contribution >= 0.6 is 11.8 Å². The van der Waals surface area contributed by atoms with Gasteiger partial charge in [-0.05, 0) is 12.8 Å². The van der Waals surface area contributed by atoms with Crippen LogP contribution in [0.25, 0.3) is 22.5 Å². The van der Waals surface area contributed by atoms with Crippen molar-refractivity contribution < 1.29 is 4.79 Å². The van der Waals surface area contributed by atoms with E-state index >= 15 is 0 Å². The summed E-state index contributed by atoms with van der Waals surface area (Å²) in [6.45, 7) is 4.57. The second kappa shape index (κ2) is 12.5. The quantitative estimate of drug-likeness (QED) is 0.244. The molecule has 198 valence electrons. The number of thioether (sulfide) groups is 1. The number of anilines is 2. The van der Waals surface area contributed by atoms with E-state index in [2.05, 4.69) is 9.97 Å². The number of nitrogens with one attached hydrogen (secondary N) is 2. The van der Waals surface area contributed by atoms with E-state index in [9.17, 15) is 14.4 Å². The number of hydrogen-bond donors (Lipinski definition) is 3. The van der Waals surface area contributed by atoms with Gasteiger partial charge in [0, 0.05) is 24.2 Å². The number of aromatic nitrogens is 4. The summed E-state index contributed by atoms with van der Waals surface area (Å²) < 4.78 is 1.31. The highest BCUT2D eigenvalue weighted by Crippen LogP contribution is 2.33. The highest BCUT2D eigenvalue weighted by molar-refractivity contribution is 7.99. The molecule has 0 saturated heterocycles. The van der Waals surface area contributed by atoms with Crippen LogP contribution in [-0.4, -0.2) is 37.7 Å². The third-order valence-electron chi connectivity index (χ3n) is 6.09. The minimum Gasteiger partial charge on any atom is -0.383 e. The molecule has 2 heterocycles. The van der Waals surface area contributed by atoms with E-state index in [1.165, 1.54) is 21.2 Å². The van der Waals surface area contributed by atoms with Crippen molar-refractivity contribution in [2.75, 3.05) is 22.9 Å². The van der Waals surface area contributed by atoms with Gasteiger partial charge in [0.25, 0.3) is 5.56 Å². The zero-order valence-corrected chi connectivity index (χ0v) is 22.4. The number of hydrogen-bond acceptors (Lipinski definition) is 6. The van der Waals surface area contributed by atoms with E-state index in [4.69, 9.17) is 10.7 Å². The summed E-state index contributed by atoms with van der Waals surface area (Å²) >= 11 is 1.26. The molecule has 1 amide bonds. The average Bonchev–Trinajstić information content (AvgIpc) is 3.37. The first-order valence-corrected chi connectivity index (χ1v) is 13.7. The van der Waals surface area contributed by atoms with Crippen LogP contribution in [0.3, 0.4) is 0 Å². The molecule has 0 aliphatic rings. The maximum Gasteiger partial charge on any atom is 0.330 e. The fourth-order valence-corrected chi connectivity index (χ4v) is 4.95.